The van der Waals surface area contributed by atoms with Gasteiger partial charge in [-0.15, -0.1) is 0 Å². The van der Waals surface area contributed by atoms with Crippen LogP contribution in [-0.2, 0) is 0 Å². The molecule has 2 aliphatic heterocycles. The summed E-state index contributed by atoms with van der Waals surface area (Å²) in [5.41, 5.74) is 0.602. The molecule has 2 aliphatic rings. The molecule has 2 heterocycles. The van der Waals surface area contributed by atoms with Gasteiger partial charge in [-0.1, -0.05) is 6.92 Å². The molecule has 52 valence electrons. The molecule has 2 rings (SSSR count). The van der Waals surface area contributed by atoms with Crippen molar-refractivity contribution >= 4 is 0 Å². The summed E-state index contributed by atoms with van der Waals surface area (Å²) in [5, 5.41) is 3.69. The van der Waals surface area contributed by atoms with Crippen LogP contribution in [0, 0.1) is 0 Å². The molecule has 1 nitrogen and oxygen atoms in total. The first-order valence-corrected chi connectivity index (χ1v) is 4.12. The van der Waals surface area contributed by atoms with Crippen LogP contribution in [0.1, 0.15) is 39.0 Å². The van der Waals surface area contributed by atoms with E-state index in [4.69, 9.17) is 0 Å². The van der Waals surface area contributed by atoms with Crippen molar-refractivity contribution in [3.05, 3.63) is 0 Å². The van der Waals surface area contributed by atoms with E-state index in [1.165, 1.54) is 32.1 Å². The van der Waals surface area contributed by atoms with Gasteiger partial charge in [-0.25, -0.2) is 0 Å². The third kappa shape index (κ3) is 0.710. The van der Waals surface area contributed by atoms with Gasteiger partial charge in [0.1, 0.15) is 0 Å². The summed E-state index contributed by atoms with van der Waals surface area (Å²) < 4.78 is 0. The average molecular weight is 125 g/mol. The highest BCUT2D eigenvalue weighted by Crippen LogP contribution is 2.39. The quantitative estimate of drug-likeness (QED) is 0.562. The van der Waals surface area contributed by atoms with Gasteiger partial charge in [0.2, 0.25) is 0 Å². The van der Waals surface area contributed by atoms with Gasteiger partial charge < -0.3 is 5.32 Å². The molecule has 2 bridgehead atoms. The van der Waals surface area contributed by atoms with Crippen LogP contribution in [0.5, 0.6) is 0 Å². The zero-order valence-electron chi connectivity index (χ0n) is 6.11. The van der Waals surface area contributed by atoms with E-state index in [0.717, 1.165) is 6.04 Å². The molecule has 0 aromatic rings. The maximum absolute atomic E-state index is 3.69. The van der Waals surface area contributed by atoms with Crippen LogP contribution in [0.4, 0.5) is 0 Å². The molecule has 2 fully saturated rings. The Kier molecular flexibility index (Phi) is 1.10. The van der Waals surface area contributed by atoms with Crippen molar-refractivity contribution in [2.75, 3.05) is 0 Å². The fourth-order valence-corrected chi connectivity index (χ4v) is 2.35. The molecule has 1 heteroatoms. The van der Waals surface area contributed by atoms with Crippen molar-refractivity contribution in [1.82, 2.24) is 5.32 Å². The first-order valence-electron chi connectivity index (χ1n) is 4.12. The molecule has 0 aliphatic carbocycles. The van der Waals surface area contributed by atoms with Crippen molar-refractivity contribution in [3.63, 3.8) is 0 Å². The summed E-state index contributed by atoms with van der Waals surface area (Å²) in [4.78, 5) is 0. The van der Waals surface area contributed by atoms with Crippen molar-refractivity contribution in [2.24, 2.45) is 0 Å². The Morgan fingerprint density at radius 3 is 2.33 bits per heavy atom. The molecular weight excluding hydrogens is 110 g/mol. The minimum atomic E-state index is 0.602. The molecular formula is C8H15N. The number of nitrogens with one attached hydrogen (secondary N) is 1. The van der Waals surface area contributed by atoms with E-state index in [9.17, 15) is 0 Å². The number of fused-ring (bicyclic) bond motifs is 2. The van der Waals surface area contributed by atoms with Crippen LogP contribution >= 0.6 is 0 Å². The number of rotatable bonds is 1. The second-order valence-corrected chi connectivity index (χ2v) is 3.55. The van der Waals surface area contributed by atoms with Crippen LogP contribution in [0.2, 0.25) is 0 Å². The first-order chi connectivity index (χ1) is 4.35. The summed E-state index contributed by atoms with van der Waals surface area (Å²) in [5.74, 6) is 0. The highest BCUT2D eigenvalue weighted by molar-refractivity contribution is 5.03. The summed E-state index contributed by atoms with van der Waals surface area (Å²) in [6, 6.07) is 0.893. The van der Waals surface area contributed by atoms with E-state index in [2.05, 4.69) is 12.2 Å². The van der Waals surface area contributed by atoms with E-state index in [0.29, 0.717) is 5.54 Å². The van der Waals surface area contributed by atoms with Gasteiger partial charge in [-0.2, -0.15) is 0 Å². The smallest absolute Gasteiger partial charge is 0.0182 e. The van der Waals surface area contributed by atoms with Crippen LogP contribution in [0.3, 0.4) is 0 Å². The Morgan fingerprint density at radius 2 is 2.11 bits per heavy atom. The minimum absolute atomic E-state index is 0.602. The molecule has 1 N–H and O–H groups in total. The van der Waals surface area contributed by atoms with Crippen LogP contribution in [0.15, 0.2) is 0 Å². The molecule has 0 unspecified atom stereocenters. The van der Waals surface area contributed by atoms with Crippen molar-refractivity contribution < 1.29 is 0 Å². The zero-order valence-corrected chi connectivity index (χ0v) is 6.11. The van der Waals surface area contributed by atoms with Gasteiger partial charge >= 0.3 is 0 Å². The lowest BCUT2D eigenvalue weighted by atomic mass is 9.86. The molecule has 0 saturated carbocycles. The van der Waals surface area contributed by atoms with Crippen molar-refractivity contribution in [2.45, 2.75) is 50.6 Å². The largest absolute Gasteiger partial charge is 0.309 e. The number of hydrogen-bond donors (Lipinski definition) is 1. The third-order valence-electron chi connectivity index (χ3n) is 3.13. The van der Waals surface area contributed by atoms with Gasteiger partial charge in [-0.05, 0) is 32.1 Å². The van der Waals surface area contributed by atoms with E-state index in [1.807, 2.05) is 0 Å². The second-order valence-electron chi connectivity index (χ2n) is 3.55. The summed E-state index contributed by atoms with van der Waals surface area (Å²) >= 11 is 0. The molecule has 0 aromatic carbocycles. The molecule has 0 radical (unpaired) electrons. The van der Waals surface area contributed by atoms with Gasteiger partial charge in [-0.3, -0.25) is 0 Å². The summed E-state index contributed by atoms with van der Waals surface area (Å²) in [6.45, 7) is 2.31. The Labute approximate surface area is 56.8 Å². The second kappa shape index (κ2) is 1.72. The predicted octanol–water partition coefficient (Wildman–Crippen LogP) is 1.68. The first kappa shape index (κ1) is 5.72. The number of hydrogen-bond acceptors (Lipinski definition) is 1. The minimum Gasteiger partial charge on any atom is -0.309 e. The topological polar surface area (TPSA) is 12.0 Å². The Morgan fingerprint density at radius 1 is 1.44 bits per heavy atom. The van der Waals surface area contributed by atoms with Crippen LogP contribution in [0.25, 0.3) is 0 Å². The fourth-order valence-electron chi connectivity index (χ4n) is 2.35. The van der Waals surface area contributed by atoms with Gasteiger partial charge in [0.15, 0.2) is 0 Å². The van der Waals surface area contributed by atoms with Crippen LogP contribution < -0.4 is 5.32 Å². The lowest BCUT2D eigenvalue weighted by molar-refractivity contribution is 0.373. The highest BCUT2D eigenvalue weighted by atomic mass is 15.1. The third-order valence-corrected chi connectivity index (χ3v) is 3.13. The standard InChI is InChI=1S/C8H15N/c1-2-8-5-3-7(9-8)4-6-8/h7,9H,2-6H2,1H3. The lowest BCUT2D eigenvalue weighted by Gasteiger charge is -2.23. The maximum atomic E-state index is 3.69. The monoisotopic (exact) mass is 125 g/mol. The highest BCUT2D eigenvalue weighted by Gasteiger charge is 2.42. The Bertz CT molecular complexity index is 112. The SMILES string of the molecule is CCC12CCC(CC1)N2. The van der Waals surface area contributed by atoms with Gasteiger partial charge in [0.05, 0.1) is 0 Å². The fraction of sp³-hybridized carbons (Fsp3) is 1.00. The Balaban J connectivity index is 2.13. The summed E-state index contributed by atoms with van der Waals surface area (Å²) in [6.07, 6.45) is 7.09. The molecule has 0 spiro atoms. The predicted molar refractivity (Wildman–Crippen MR) is 38.4 cm³/mol. The van der Waals surface area contributed by atoms with Crippen molar-refractivity contribution in [1.29, 1.82) is 0 Å². The zero-order chi connectivity index (χ0) is 6.32. The average Bonchev–Trinajstić information content (AvgIpc) is 2.46. The molecule has 0 amide bonds. The molecule has 2 saturated heterocycles. The lowest BCUT2D eigenvalue weighted by Crippen LogP contribution is -2.34. The summed E-state index contributed by atoms with van der Waals surface area (Å²) in [7, 11) is 0. The van der Waals surface area contributed by atoms with E-state index in [-0.39, 0.29) is 0 Å². The van der Waals surface area contributed by atoms with E-state index >= 15 is 0 Å². The molecule has 9 heavy (non-hydrogen) atoms. The molecule has 0 aromatic heterocycles. The van der Waals surface area contributed by atoms with Crippen LogP contribution in [-0.4, -0.2) is 11.6 Å². The van der Waals surface area contributed by atoms with E-state index in [1.54, 1.807) is 0 Å². The normalized spacial score (nSPS) is 48.3. The maximum Gasteiger partial charge on any atom is 0.0182 e. The Hall–Kier alpha value is -0.0400. The van der Waals surface area contributed by atoms with Gasteiger partial charge in [0.25, 0.3) is 0 Å². The molecule has 0 atom stereocenters. The van der Waals surface area contributed by atoms with Gasteiger partial charge in [0, 0.05) is 11.6 Å². The van der Waals surface area contributed by atoms with E-state index < -0.39 is 0 Å². The van der Waals surface area contributed by atoms with Crippen molar-refractivity contribution in [3.8, 4) is 0 Å².